The van der Waals surface area contributed by atoms with Gasteiger partial charge in [-0.25, -0.2) is 17.4 Å². The normalized spacial score (nSPS) is 13.3. The van der Waals surface area contributed by atoms with Crippen LogP contribution in [0.3, 0.4) is 0 Å². The van der Waals surface area contributed by atoms with Gasteiger partial charge in [-0.2, -0.15) is 0 Å². The fraction of sp³-hybridized carbons (Fsp3) is 0.300. The molecule has 0 spiro atoms. The van der Waals surface area contributed by atoms with Gasteiger partial charge in [0.15, 0.2) is 0 Å². The molecule has 1 aliphatic heterocycles. The minimum Gasteiger partial charge on any atom is -0.493 e. The molecule has 0 atom stereocenters. The molecule has 3 aromatic rings. The van der Waals surface area contributed by atoms with Gasteiger partial charge in [0.05, 0.1) is 29.6 Å². The average molecular weight is 435 g/mol. The predicted octanol–water partition coefficient (Wildman–Crippen LogP) is 3.36. The Morgan fingerprint density at radius 3 is 2.90 bits per heavy atom. The Balaban J connectivity index is 1.80. The molecular formula is C20H19ClN2O5S. The van der Waals surface area contributed by atoms with E-state index in [4.69, 9.17) is 16.3 Å². The second kappa shape index (κ2) is 7.68. The van der Waals surface area contributed by atoms with Crippen molar-refractivity contribution in [1.82, 2.24) is 8.96 Å². The lowest BCUT2D eigenvalue weighted by Crippen LogP contribution is -2.16. The molecule has 0 saturated carbocycles. The molecule has 7 nitrogen and oxygen atoms in total. The first-order valence-electron chi connectivity index (χ1n) is 9.15. The number of rotatable bonds is 6. The van der Waals surface area contributed by atoms with Crippen molar-refractivity contribution in [1.29, 1.82) is 0 Å². The molecule has 0 bridgehead atoms. The lowest BCUT2D eigenvalue weighted by atomic mass is 10.2. The number of methoxy groups -OCH3 is 1. The molecule has 29 heavy (non-hydrogen) atoms. The molecule has 0 radical (unpaired) electrons. The summed E-state index contributed by atoms with van der Waals surface area (Å²) in [5, 5.41) is 0.280. The highest BCUT2D eigenvalue weighted by Gasteiger charge is 2.25. The number of carbonyl (C=O) groups excluding carboxylic acids is 1. The van der Waals surface area contributed by atoms with E-state index in [9.17, 15) is 13.2 Å². The number of carbonyl (C=O) groups is 1. The van der Waals surface area contributed by atoms with E-state index in [1.54, 1.807) is 36.4 Å². The smallest absolute Gasteiger partial charge is 0.305 e. The van der Waals surface area contributed by atoms with Crippen molar-refractivity contribution >= 4 is 38.6 Å². The van der Waals surface area contributed by atoms with Crippen molar-refractivity contribution in [3.05, 3.63) is 52.8 Å². The van der Waals surface area contributed by atoms with Gasteiger partial charge in [0, 0.05) is 18.5 Å². The standard InChI is InChI=1S/C20H19ClN2O5S/c1-27-20(24)4-2-3-14-12-16-17(6-8-19(21)22-16)23(14)29(25,26)15-5-7-18-13(11-15)9-10-28-18/h5-8,11-12H,2-4,9-10H2,1H3. The van der Waals surface area contributed by atoms with E-state index in [2.05, 4.69) is 9.72 Å². The van der Waals surface area contributed by atoms with Gasteiger partial charge in [0.1, 0.15) is 10.9 Å². The Morgan fingerprint density at radius 2 is 2.10 bits per heavy atom. The van der Waals surface area contributed by atoms with Crippen LogP contribution in [0.15, 0.2) is 41.3 Å². The topological polar surface area (TPSA) is 87.5 Å². The van der Waals surface area contributed by atoms with Gasteiger partial charge in [0.25, 0.3) is 10.0 Å². The van der Waals surface area contributed by atoms with Crippen molar-refractivity contribution in [3.8, 4) is 5.75 Å². The van der Waals surface area contributed by atoms with E-state index in [1.807, 2.05) is 0 Å². The number of hydrogen-bond acceptors (Lipinski definition) is 6. The van der Waals surface area contributed by atoms with Crippen LogP contribution in [0.2, 0.25) is 5.15 Å². The van der Waals surface area contributed by atoms with Crippen LogP contribution >= 0.6 is 11.6 Å². The van der Waals surface area contributed by atoms with Crippen LogP contribution in [-0.2, 0) is 32.4 Å². The molecule has 0 unspecified atom stereocenters. The molecule has 0 fully saturated rings. The summed E-state index contributed by atoms with van der Waals surface area (Å²) in [6, 6.07) is 9.80. The number of nitrogens with zero attached hydrogens (tertiary/aromatic N) is 2. The molecule has 4 rings (SSSR count). The summed E-state index contributed by atoms with van der Waals surface area (Å²) in [4.78, 5) is 15.9. The summed E-state index contributed by atoms with van der Waals surface area (Å²) < 4.78 is 38.5. The summed E-state index contributed by atoms with van der Waals surface area (Å²) in [7, 11) is -2.56. The van der Waals surface area contributed by atoms with Gasteiger partial charge in [-0.1, -0.05) is 11.6 Å². The van der Waals surface area contributed by atoms with Crippen molar-refractivity contribution < 1.29 is 22.7 Å². The van der Waals surface area contributed by atoms with E-state index in [0.717, 1.165) is 5.56 Å². The fourth-order valence-corrected chi connectivity index (χ4v) is 5.26. The summed E-state index contributed by atoms with van der Waals surface area (Å²) in [6.45, 7) is 0.548. The molecule has 152 valence electrons. The quantitative estimate of drug-likeness (QED) is 0.436. The summed E-state index contributed by atoms with van der Waals surface area (Å²) in [6.07, 6.45) is 1.69. The Bertz CT molecular complexity index is 1200. The van der Waals surface area contributed by atoms with E-state index >= 15 is 0 Å². The second-order valence-corrected chi connectivity index (χ2v) is 8.92. The maximum absolute atomic E-state index is 13.5. The third kappa shape index (κ3) is 3.70. The van der Waals surface area contributed by atoms with Crippen LogP contribution in [0.4, 0.5) is 0 Å². The zero-order valence-corrected chi connectivity index (χ0v) is 17.3. The van der Waals surface area contributed by atoms with Crippen molar-refractivity contribution in [2.24, 2.45) is 0 Å². The Kier molecular flexibility index (Phi) is 5.23. The molecule has 0 N–H and O–H groups in total. The largest absolute Gasteiger partial charge is 0.493 e. The van der Waals surface area contributed by atoms with Crippen LogP contribution in [0.25, 0.3) is 11.0 Å². The monoisotopic (exact) mass is 434 g/mol. The van der Waals surface area contributed by atoms with Gasteiger partial charge < -0.3 is 9.47 Å². The number of hydrogen-bond donors (Lipinski definition) is 0. The first-order chi connectivity index (χ1) is 13.9. The average Bonchev–Trinajstić information content (AvgIpc) is 3.31. The molecule has 0 aliphatic carbocycles. The SMILES string of the molecule is COC(=O)CCCc1cc2nc(Cl)ccc2n1S(=O)(=O)c1ccc2c(c1)CCO2. The number of ether oxygens (including phenoxy) is 2. The van der Waals surface area contributed by atoms with Crippen LogP contribution in [0, 0.1) is 0 Å². The molecule has 1 aromatic carbocycles. The van der Waals surface area contributed by atoms with E-state index < -0.39 is 10.0 Å². The minimum absolute atomic E-state index is 0.184. The first-order valence-corrected chi connectivity index (χ1v) is 11.0. The summed E-state index contributed by atoms with van der Waals surface area (Å²) in [5.74, 6) is 0.378. The van der Waals surface area contributed by atoms with Crippen molar-refractivity contribution in [2.45, 2.75) is 30.6 Å². The third-order valence-electron chi connectivity index (χ3n) is 4.89. The maximum atomic E-state index is 13.5. The maximum Gasteiger partial charge on any atom is 0.305 e. The van der Waals surface area contributed by atoms with Crippen molar-refractivity contribution in [2.75, 3.05) is 13.7 Å². The highest BCUT2D eigenvalue weighted by molar-refractivity contribution is 7.90. The van der Waals surface area contributed by atoms with E-state index in [1.165, 1.54) is 11.1 Å². The van der Waals surface area contributed by atoms with E-state index in [0.29, 0.717) is 48.3 Å². The number of aryl methyl sites for hydroxylation is 1. The lowest BCUT2D eigenvalue weighted by Gasteiger charge is -2.13. The van der Waals surface area contributed by atoms with Gasteiger partial charge in [-0.05, 0) is 54.8 Å². The zero-order valence-electron chi connectivity index (χ0n) is 15.7. The molecular weight excluding hydrogens is 416 g/mol. The zero-order chi connectivity index (χ0) is 20.6. The van der Waals surface area contributed by atoms with Crippen LogP contribution in [0.5, 0.6) is 5.75 Å². The van der Waals surface area contributed by atoms with Crippen LogP contribution in [0.1, 0.15) is 24.1 Å². The second-order valence-electron chi connectivity index (χ2n) is 6.74. The first kappa shape index (κ1) is 19.7. The molecule has 1 aliphatic rings. The summed E-state index contributed by atoms with van der Waals surface area (Å²) >= 11 is 6.00. The van der Waals surface area contributed by atoms with Gasteiger partial charge in [-0.15, -0.1) is 0 Å². The van der Waals surface area contributed by atoms with Gasteiger partial charge in [0.2, 0.25) is 0 Å². The van der Waals surface area contributed by atoms with Crippen LogP contribution < -0.4 is 4.74 Å². The van der Waals surface area contributed by atoms with Crippen molar-refractivity contribution in [3.63, 3.8) is 0 Å². The molecule has 3 heterocycles. The van der Waals surface area contributed by atoms with Crippen LogP contribution in [-0.4, -0.2) is 37.1 Å². The number of benzene rings is 1. The third-order valence-corrected chi connectivity index (χ3v) is 6.86. The fourth-order valence-electron chi connectivity index (χ4n) is 3.49. The highest BCUT2D eigenvalue weighted by atomic mass is 35.5. The number of fused-ring (bicyclic) bond motifs is 2. The Hall–Kier alpha value is -2.58. The number of halogens is 1. The number of esters is 1. The molecule has 0 amide bonds. The number of aromatic nitrogens is 2. The lowest BCUT2D eigenvalue weighted by molar-refractivity contribution is -0.140. The molecule has 2 aromatic heterocycles. The summed E-state index contributed by atoms with van der Waals surface area (Å²) in [5.41, 5.74) is 2.34. The number of pyridine rings is 1. The minimum atomic E-state index is -3.88. The van der Waals surface area contributed by atoms with E-state index in [-0.39, 0.29) is 22.4 Å². The Morgan fingerprint density at radius 1 is 1.28 bits per heavy atom. The Labute approximate surface area is 173 Å². The predicted molar refractivity (Wildman–Crippen MR) is 108 cm³/mol. The van der Waals surface area contributed by atoms with Gasteiger partial charge in [-0.3, -0.25) is 4.79 Å². The highest BCUT2D eigenvalue weighted by Crippen LogP contribution is 2.31. The molecule has 9 heteroatoms. The van der Waals surface area contributed by atoms with Gasteiger partial charge >= 0.3 is 5.97 Å². The molecule has 0 saturated heterocycles.